The van der Waals surface area contributed by atoms with Crippen molar-refractivity contribution in [3.05, 3.63) is 150 Å². The summed E-state index contributed by atoms with van der Waals surface area (Å²) in [6.07, 6.45) is 1.18. The Morgan fingerprint density at radius 1 is 0.800 bits per heavy atom. The number of aromatic nitrogens is 3. The molecule has 0 amide bonds. The minimum atomic E-state index is -2.65. The zero-order valence-corrected chi connectivity index (χ0v) is 29.9. The molecule has 1 radical (unpaired) electrons. The van der Waals surface area contributed by atoms with E-state index in [4.69, 9.17) is 24.5 Å². The fourth-order valence-electron chi connectivity index (χ4n) is 5.62. The Labute approximate surface area is 323 Å². The van der Waals surface area contributed by atoms with Gasteiger partial charge in [0, 0.05) is 53.0 Å². The summed E-state index contributed by atoms with van der Waals surface area (Å²) >= 11 is 0. The van der Waals surface area contributed by atoms with Gasteiger partial charge in [-0.1, -0.05) is 111 Å². The fourth-order valence-corrected chi connectivity index (χ4v) is 5.62. The van der Waals surface area contributed by atoms with Gasteiger partial charge >= 0.3 is 0 Å². The molecule has 4 aromatic carbocycles. The summed E-state index contributed by atoms with van der Waals surface area (Å²) in [7, 11) is 0. The molecule has 0 saturated heterocycles. The monoisotopic (exact) mass is 841 g/mol. The Bertz CT molecular complexity index is 2860. The molecule has 251 valence electrons. The van der Waals surface area contributed by atoms with Crippen molar-refractivity contribution in [3.8, 4) is 33.6 Å². The summed E-state index contributed by atoms with van der Waals surface area (Å²) in [4.78, 5) is 13.4. The van der Waals surface area contributed by atoms with Gasteiger partial charge in [-0.25, -0.2) is 4.98 Å². The second-order valence-electron chi connectivity index (χ2n) is 12.7. The first-order chi connectivity index (χ1) is 28.0. The zero-order valence-electron chi connectivity index (χ0n) is 38.6. The van der Waals surface area contributed by atoms with Gasteiger partial charge in [-0.3, -0.25) is 0 Å². The topological polar surface area (TPSA) is 51.8 Å². The summed E-state index contributed by atoms with van der Waals surface area (Å²) in [5.74, 6) is 0. The summed E-state index contributed by atoms with van der Waals surface area (Å²) < 4.78 is 92.8. The third-order valence-corrected chi connectivity index (χ3v) is 7.86. The van der Waals surface area contributed by atoms with Crippen LogP contribution in [-0.4, -0.2) is 15.0 Å². The molecular formula is C45H39IrN3O-2. The van der Waals surface area contributed by atoms with Crippen molar-refractivity contribution in [3.63, 3.8) is 0 Å². The first-order valence-corrected chi connectivity index (χ1v) is 15.8. The second-order valence-corrected chi connectivity index (χ2v) is 12.7. The number of para-hydroxylation sites is 1. The predicted molar refractivity (Wildman–Crippen MR) is 202 cm³/mol. The van der Waals surface area contributed by atoms with Gasteiger partial charge in [0.25, 0.3) is 0 Å². The molecular weight excluding hydrogens is 791 g/mol. The van der Waals surface area contributed by atoms with Crippen LogP contribution in [0.1, 0.15) is 58.1 Å². The smallest absolute Gasteiger partial charge is 0.140 e. The van der Waals surface area contributed by atoms with Crippen molar-refractivity contribution in [2.75, 3.05) is 0 Å². The van der Waals surface area contributed by atoms with E-state index in [-0.39, 0.29) is 42.5 Å². The Morgan fingerprint density at radius 2 is 1.60 bits per heavy atom. The summed E-state index contributed by atoms with van der Waals surface area (Å²) in [6.45, 7) is -1.95. The maximum absolute atomic E-state index is 8.61. The summed E-state index contributed by atoms with van der Waals surface area (Å²) in [6, 6.07) is 36.5. The van der Waals surface area contributed by atoms with E-state index in [9.17, 15) is 0 Å². The molecule has 0 unspecified atom stereocenters. The van der Waals surface area contributed by atoms with Gasteiger partial charge in [-0.2, -0.15) is 0 Å². The van der Waals surface area contributed by atoms with Crippen LogP contribution in [0.3, 0.4) is 0 Å². The molecule has 0 spiro atoms. The number of rotatable bonds is 4. The molecule has 0 saturated carbocycles. The molecule has 0 aliphatic carbocycles. The maximum Gasteiger partial charge on any atom is 0.140 e. The number of nitrogens with zero attached hydrogens (tertiary/aromatic N) is 3. The minimum Gasteiger partial charge on any atom is -0.499 e. The Hall–Kier alpha value is -4.96. The molecule has 4 aromatic heterocycles. The van der Waals surface area contributed by atoms with Crippen molar-refractivity contribution in [2.24, 2.45) is 5.41 Å². The fraction of sp³-hybridized carbons (Fsp3) is 0.178. The van der Waals surface area contributed by atoms with Crippen molar-refractivity contribution in [1.29, 1.82) is 0 Å². The minimum absolute atomic E-state index is 0. The van der Waals surface area contributed by atoms with Crippen molar-refractivity contribution >= 4 is 33.0 Å². The van der Waals surface area contributed by atoms with E-state index in [0.717, 1.165) is 28.0 Å². The van der Waals surface area contributed by atoms with Crippen LogP contribution >= 0.6 is 0 Å². The molecule has 8 rings (SSSR count). The van der Waals surface area contributed by atoms with E-state index in [2.05, 4.69) is 22.1 Å². The number of fused-ring (bicyclic) bond motifs is 4. The van der Waals surface area contributed by atoms with Gasteiger partial charge in [-0.05, 0) is 71.6 Å². The SMILES string of the molecule is [2H]C([2H])([2H])c1c[c-]c(-c2cc(C([2H])([2H])[2H])c(C([2H])([2H])[2H])cn2)cc1-c1ccccc1.[2H]C([2H])(c1ccnc(-c2[c-]ccc3c2oc2cc4ccccc4nc23)c1)C(C)(C)C.[Ir]. The zero-order chi connectivity index (χ0) is 43.4. The molecule has 0 atom stereocenters. The van der Waals surface area contributed by atoms with E-state index in [1.54, 1.807) is 48.7 Å². The standard InChI is InChI=1S/C25H21N2O.C20H18N.Ir/c1-25(2,3)15-16-11-12-26-21(13-16)18-8-6-9-19-23-22(28-24(18)19)14-17-7-4-5-10-20(17)27-23;1-14-9-10-18(20-11-15(2)16(3)13-21-20)12-19(14)17-7-5-4-6-8-17;/h4-7,9-14H,15H2,1-3H3;4-9,11-13H,1-3H3;/q2*-1;/i15D2;1D3,2D3,3D3;. The van der Waals surface area contributed by atoms with E-state index < -0.39 is 32.3 Å². The van der Waals surface area contributed by atoms with Gasteiger partial charge in [0.2, 0.25) is 0 Å². The molecule has 50 heavy (non-hydrogen) atoms. The average Bonchev–Trinajstić information content (AvgIpc) is 3.56. The van der Waals surface area contributed by atoms with Gasteiger partial charge in [0.05, 0.1) is 16.6 Å². The van der Waals surface area contributed by atoms with Gasteiger partial charge in [-0.15, -0.1) is 47.5 Å². The molecule has 0 aliphatic heterocycles. The number of benzene rings is 4. The van der Waals surface area contributed by atoms with Crippen LogP contribution in [0.5, 0.6) is 0 Å². The summed E-state index contributed by atoms with van der Waals surface area (Å²) in [5, 5.41) is 1.92. The van der Waals surface area contributed by atoms with Crippen LogP contribution in [0.25, 0.3) is 66.6 Å². The molecule has 5 heteroatoms. The Kier molecular flexibility index (Phi) is 6.79. The van der Waals surface area contributed by atoms with Crippen molar-refractivity contribution in [1.82, 2.24) is 15.0 Å². The predicted octanol–water partition coefficient (Wildman–Crippen LogP) is 11.7. The van der Waals surface area contributed by atoms with E-state index in [1.165, 1.54) is 12.1 Å². The number of hydrogen-bond acceptors (Lipinski definition) is 4. The van der Waals surface area contributed by atoms with Gasteiger partial charge < -0.3 is 14.4 Å². The maximum atomic E-state index is 8.61. The number of furan rings is 1. The quantitative estimate of drug-likeness (QED) is 0.166. The molecule has 4 heterocycles. The third-order valence-electron chi connectivity index (χ3n) is 7.86. The normalized spacial score (nSPS) is 15.6. The number of hydrogen-bond donors (Lipinski definition) is 0. The van der Waals surface area contributed by atoms with Crippen LogP contribution in [0.4, 0.5) is 0 Å². The molecule has 0 bridgehead atoms. The van der Waals surface area contributed by atoms with Crippen LogP contribution in [0.2, 0.25) is 0 Å². The average molecular weight is 841 g/mol. The molecule has 0 N–H and O–H groups in total. The van der Waals surface area contributed by atoms with Crippen LogP contribution in [0, 0.1) is 38.1 Å². The van der Waals surface area contributed by atoms with Crippen LogP contribution < -0.4 is 0 Å². The van der Waals surface area contributed by atoms with Gasteiger partial charge in [0.1, 0.15) is 5.58 Å². The summed E-state index contributed by atoms with van der Waals surface area (Å²) in [5.41, 5.74) is 5.61. The van der Waals surface area contributed by atoms with E-state index in [1.807, 2.05) is 69.3 Å². The molecule has 8 aromatic rings. The van der Waals surface area contributed by atoms with E-state index in [0.29, 0.717) is 44.7 Å². The van der Waals surface area contributed by atoms with E-state index >= 15 is 0 Å². The first-order valence-electron chi connectivity index (χ1n) is 21.3. The molecule has 0 fully saturated rings. The third kappa shape index (κ3) is 7.45. The Morgan fingerprint density at radius 3 is 2.40 bits per heavy atom. The number of aryl methyl sites for hydroxylation is 3. The van der Waals surface area contributed by atoms with Crippen LogP contribution in [0.15, 0.2) is 120 Å². The Balaban J connectivity index is 0.000000201. The number of pyridine rings is 3. The van der Waals surface area contributed by atoms with Gasteiger partial charge in [0.15, 0.2) is 0 Å². The van der Waals surface area contributed by atoms with Crippen molar-refractivity contribution < 1.29 is 39.6 Å². The molecule has 0 aliphatic rings. The van der Waals surface area contributed by atoms with Crippen molar-refractivity contribution in [2.45, 2.75) is 47.7 Å². The first kappa shape index (κ1) is 23.4. The molecule has 4 nitrogen and oxygen atoms in total. The second kappa shape index (κ2) is 14.5. The largest absolute Gasteiger partial charge is 0.499 e. The van der Waals surface area contributed by atoms with Crippen LogP contribution in [-0.2, 0) is 26.5 Å².